The fourth-order valence-electron chi connectivity index (χ4n) is 2.59. The van der Waals surface area contributed by atoms with Gasteiger partial charge >= 0.3 is 0 Å². The summed E-state index contributed by atoms with van der Waals surface area (Å²) in [5.41, 5.74) is 6.90. The van der Waals surface area contributed by atoms with Crippen molar-refractivity contribution in [1.82, 2.24) is 4.90 Å². The average Bonchev–Trinajstić information content (AvgIpc) is 3.22. The van der Waals surface area contributed by atoms with Crippen molar-refractivity contribution in [1.29, 1.82) is 0 Å². The first-order chi connectivity index (χ1) is 9.52. The summed E-state index contributed by atoms with van der Waals surface area (Å²) in [6.45, 7) is 5.99. The summed E-state index contributed by atoms with van der Waals surface area (Å²) < 4.78 is 13.7. The minimum Gasteiger partial charge on any atom is -0.329 e. The normalized spacial score (nSPS) is 16.9. The summed E-state index contributed by atoms with van der Waals surface area (Å²) in [6.07, 6.45) is 3.60. The first-order valence-corrected chi connectivity index (χ1v) is 7.81. The van der Waals surface area contributed by atoms with E-state index in [1.807, 2.05) is 6.07 Å². The quantitative estimate of drug-likeness (QED) is 0.825. The predicted octanol–water partition coefficient (Wildman–Crippen LogP) is 3.99. The second-order valence-electron chi connectivity index (χ2n) is 6.08. The van der Waals surface area contributed by atoms with E-state index in [1.165, 1.54) is 18.9 Å². The molecule has 1 aromatic rings. The van der Waals surface area contributed by atoms with Crippen LogP contribution in [0.5, 0.6) is 0 Å². The van der Waals surface area contributed by atoms with Gasteiger partial charge in [-0.25, -0.2) is 4.39 Å². The van der Waals surface area contributed by atoms with Crippen LogP contribution in [0, 0.1) is 11.7 Å². The van der Waals surface area contributed by atoms with E-state index in [2.05, 4.69) is 18.7 Å². The summed E-state index contributed by atoms with van der Waals surface area (Å²) in [5, 5.41) is 0.171. The molecule has 1 aliphatic carbocycles. The number of halogens is 2. The Morgan fingerprint density at radius 3 is 2.60 bits per heavy atom. The second-order valence-corrected chi connectivity index (χ2v) is 6.48. The van der Waals surface area contributed by atoms with Gasteiger partial charge in [-0.2, -0.15) is 0 Å². The molecule has 0 aliphatic heterocycles. The monoisotopic (exact) mass is 298 g/mol. The van der Waals surface area contributed by atoms with Crippen LogP contribution in [0.25, 0.3) is 0 Å². The van der Waals surface area contributed by atoms with Crippen LogP contribution in [0.2, 0.25) is 5.02 Å². The van der Waals surface area contributed by atoms with Crippen LogP contribution in [0.3, 0.4) is 0 Å². The number of hydrogen-bond acceptors (Lipinski definition) is 2. The molecule has 1 aliphatic rings. The van der Waals surface area contributed by atoms with Crippen LogP contribution in [0.4, 0.5) is 4.39 Å². The zero-order chi connectivity index (χ0) is 14.7. The Morgan fingerprint density at radius 1 is 1.40 bits per heavy atom. The lowest BCUT2D eigenvalue weighted by atomic mass is 10.0. The van der Waals surface area contributed by atoms with Crippen molar-refractivity contribution in [3.63, 3.8) is 0 Å². The lowest BCUT2D eigenvalue weighted by Crippen LogP contribution is -2.36. The fraction of sp³-hybridized carbons (Fsp3) is 0.625. The standard InChI is InChI=1S/C16H24ClFN2/c1-11(2)7-8-20(13-4-5-13)16(10-19)12-3-6-14(17)15(18)9-12/h3,6,9,11,13,16H,4-5,7-8,10,19H2,1-2H3. The molecule has 2 nitrogen and oxygen atoms in total. The van der Waals surface area contributed by atoms with E-state index in [4.69, 9.17) is 17.3 Å². The molecule has 0 aromatic heterocycles. The molecule has 2 N–H and O–H groups in total. The summed E-state index contributed by atoms with van der Waals surface area (Å²) in [5.74, 6) is 0.304. The van der Waals surface area contributed by atoms with Crippen LogP contribution in [-0.4, -0.2) is 24.0 Å². The molecule has 112 valence electrons. The van der Waals surface area contributed by atoms with E-state index in [1.54, 1.807) is 6.07 Å². The molecule has 0 heterocycles. The lowest BCUT2D eigenvalue weighted by Gasteiger charge is -2.32. The molecule has 1 saturated carbocycles. The minimum absolute atomic E-state index is 0.0908. The maximum atomic E-state index is 13.7. The molecule has 0 spiro atoms. The molecule has 0 amide bonds. The Balaban J connectivity index is 2.16. The molecular formula is C16H24ClFN2. The van der Waals surface area contributed by atoms with Crippen molar-refractivity contribution >= 4 is 11.6 Å². The van der Waals surface area contributed by atoms with Crippen molar-refractivity contribution in [2.75, 3.05) is 13.1 Å². The molecule has 4 heteroatoms. The Bertz CT molecular complexity index is 446. The van der Waals surface area contributed by atoms with Gasteiger partial charge < -0.3 is 5.73 Å². The van der Waals surface area contributed by atoms with E-state index < -0.39 is 0 Å². The van der Waals surface area contributed by atoms with Crippen molar-refractivity contribution < 1.29 is 4.39 Å². The van der Waals surface area contributed by atoms with Gasteiger partial charge in [0.25, 0.3) is 0 Å². The van der Waals surface area contributed by atoms with Crippen molar-refractivity contribution in [3.05, 3.63) is 34.6 Å². The van der Waals surface area contributed by atoms with E-state index in [9.17, 15) is 4.39 Å². The van der Waals surface area contributed by atoms with Crippen LogP contribution >= 0.6 is 11.6 Å². The highest BCUT2D eigenvalue weighted by molar-refractivity contribution is 6.30. The Morgan fingerprint density at radius 2 is 2.10 bits per heavy atom. The number of hydrogen-bond donors (Lipinski definition) is 1. The highest BCUT2D eigenvalue weighted by atomic mass is 35.5. The molecule has 0 radical (unpaired) electrons. The van der Waals surface area contributed by atoms with Crippen LogP contribution in [-0.2, 0) is 0 Å². The number of rotatable bonds is 7. The van der Waals surface area contributed by atoms with Gasteiger partial charge in [-0.3, -0.25) is 4.90 Å². The maximum absolute atomic E-state index is 13.7. The van der Waals surface area contributed by atoms with E-state index >= 15 is 0 Å². The Labute approximate surface area is 126 Å². The molecule has 1 aromatic carbocycles. The average molecular weight is 299 g/mol. The molecule has 1 fully saturated rings. The van der Waals surface area contributed by atoms with Crippen LogP contribution in [0.15, 0.2) is 18.2 Å². The first kappa shape index (κ1) is 15.7. The fourth-order valence-corrected chi connectivity index (χ4v) is 2.71. The third-order valence-corrected chi connectivity index (χ3v) is 4.24. The Hall–Kier alpha value is -0.640. The lowest BCUT2D eigenvalue weighted by molar-refractivity contribution is 0.180. The topological polar surface area (TPSA) is 29.3 Å². The van der Waals surface area contributed by atoms with Gasteiger partial charge in [-0.05, 0) is 49.4 Å². The molecule has 1 atom stereocenters. The number of benzene rings is 1. The number of nitrogens with two attached hydrogens (primary N) is 1. The van der Waals surface area contributed by atoms with Crippen molar-refractivity contribution in [2.45, 2.75) is 45.2 Å². The second kappa shape index (κ2) is 6.88. The van der Waals surface area contributed by atoms with Gasteiger partial charge in [0, 0.05) is 18.6 Å². The third-order valence-electron chi connectivity index (χ3n) is 3.93. The zero-order valence-electron chi connectivity index (χ0n) is 12.3. The SMILES string of the molecule is CC(C)CCN(C1CC1)C(CN)c1ccc(Cl)c(F)c1. The Kier molecular flexibility index (Phi) is 5.42. The van der Waals surface area contributed by atoms with Gasteiger partial charge in [-0.15, -0.1) is 0 Å². The summed E-state index contributed by atoms with van der Waals surface area (Å²) in [4.78, 5) is 2.45. The minimum atomic E-state index is -0.359. The van der Waals surface area contributed by atoms with Crippen LogP contribution < -0.4 is 5.73 Å². The van der Waals surface area contributed by atoms with Gasteiger partial charge in [0.2, 0.25) is 0 Å². The van der Waals surface area contributed by atoms with Gasteiger partial charge in [0.05, 0.1) is 5.02 Å². The highest BCUT2D eigenvalue weighted by Gasteiger charge is 2.34. The predicted molar refractivity (Wildman–Crippen MR) is 82.4 cm³/mol. The van der Waals surface area contributed by atoms with E-state index in [-0.39, 0.29) is 16.9 Å². The van der Waals surface area contributed by atoms with Crippen molar-refractivity contribution in [2.24, 2.45) is 11.7 Å². The van der Waals surface area contributed by atoms with Gasteiger partial charge in [0.15, 0.2) is 0 Å². The van der Waals surface area contributed by atoms with Crippen LogP contribution in [0.1, 0.15) is 44.7 Å². The third kappa shape index (κ3) is 3.94. The molecule has 1 unspecified atom stereocenters. The zero-order valence-corrected chi connectivity index (χ0v) is 13.0. The van der Waals surface area contributed by atoms with E-state index in [0.29, 0.717) is 18.5 Å². The van der Waals surface area contributed by atoms with Gasteiger partial charge in [0.1, 0.15) is 5.82 Å². The number of nitrogens with zero attached hydrogens (tertiary/aromatic N) is 1. The highest BCUT2D eigenvalue weighted by Crippen LogP contribution is 2.35. The molecule has 2 rings (SSSR count). The summed E-state index contributed by atoms with van der Waals surface area (Å²) in [6, 6.07) is 5.76. The summed E-state index contributed by atoms with van der Waals surface area (Å²) >= 11 is 5.77. The van der Waals surface area contributed by atoms with E-state index in [0.717, 1.165) is 18.5 Å². The maximum Gasteiger partial charge on any atom is 0.142 e. The first-order valence-electron chi connectivity index (χ1n) is 7.43. The smallest absolute Gasteiger partial charge is 0.142 e. The molecule has 0 saturated heterocycles. The molecule has 20 heavy (non-hydrogen) atoms. The van der Waals surface area contributed by atoms with Crippen molar-refractivity contribution in [3.8, 4) is 0 Å². The molecule has 0 bridgehead atoms. The van der Waals surface area contributed by atoms with Gasteiger partial charge in [-0.1, -0.05) is 31.5 Å². The largest absolute Gasteiger partial charge is 0.329 e. The molecular weight excluding hydrogens is 275 g/mol. The summed E-state index contributed by atoms with van der Waals surface area (Å²) in [7, 11) is 0.